The van der Waals surface area contributed by atoms with E-state index in [0.29, 0.717) is 16.9 Å². The van der Waals surface area contributed by atoms with E-state index in [1.165, 1.54) is 14.2 Å². The fourth-order valence-electron chi connectivity index (χ4n) is 2.31. The molecule has 6 nitrogen and oxygen atoms in total. The number of amides is 1. The van der Waals surface area contributed by atoms with Crippen LogP contribution in [0.15, 0.2) is 42.5 Å². The first-order valence-corrected chi connectivity index (χ1v) is 7.79. The average Bonchev–Trinajstić information content (AvgIpc) is 2.65. The van der Waals surface area contributed by atoms with Crippen molar-refractivity contribution in [2.75, 3.05) is 20.8 Å². The molecule has 1 amide bonds. The maximum atomic E-state index is 12.0. The molecule has 0 aliphatic carbocycles. The second-order valence-corrected chi connectivity index (χ2v) is 5.54. The molecule has 132 valence electrons. The number of carbonyl (C=O) groups excluding carboxylic acids is 2. The molecule has 2 aromatic rings. The number of ether oxygens (including phenoxy) is 2. The van der Waals surface area contributed by atoms with Gasteiger partial charge in [0, 0.05) is 12.1 Å². The molecule has 0 aliphatic heterocycles. The van der Waals surface area contributed by atoms with Crippen LogP contribution in [0, 0.1) is 0 Å². The molecule has 2 aromatic carbocycles. The Morgan fingerprint density at radius 3 is 2.28 bits per heavy atom. The number of esters is 1. The minimum absolute atomic E-state index is 0.201. The molecule has 0 fully saturated rings. The van der Waals surface area contributed by atoms with E-state index in [9.17, 15) is 14.7 Å². The molecule has 0 bridgehead atoms. The van der Waals surface area contributed by atoms with Gasteiger partial charge in [0.25, 0.3) is 5.91 Å². The summed E-state index contributed by atoms with van der Waals surface area (Å²) >= 11 is 0. The lowest BCUT2D eigenvalue weighted by molar-refractivity contribution is 0.0597. The predicted octanol–water partition coefficient (Wildman–Crippen LogP) is 2.26. The first-order valence-electron chi connectivity index (χ1n) is 7.79. The number of rotatable bonds is 6. The Balaban J connectivity index is 2.22. The summed E-state index contributed by atoms with van der Waals surface area (Å²) in [5, 5.41) is 11.9. The molecule has 0 aliphatic rings. The number of benzene rings is 2. The van der Waals surface area contributed by atoms with Gasteiger partial charge in [-0.1, -0.05) is 18.2 Å². The Bertz CT molecular complexity index is 753. The minimum Gasteiger partial charge on any atom is -0.496 e. The molecule has 2 N–H and O–H groups in total. The van der Waals surface area contributed by atoms with E-state index in [1.54, 1.807) is 37.3 Å². The number of nitrogens with one attached hydrogen (secondary N) is 1. The summed E-state index contributed by atoms with van der Waals surface area (Å²) in [5.41, 5.74) is 2.58. The third-order valence-corrected chi connectivity index (χ3v) is 3.65. The van der Waals surface area contributed by atoms with Gasteiger partial charge in [-0.2, -0.15) is 0 Å². The lowest BCUT2D eigenvalue weighted by Crippen LogP contribution is -2.30. The van der Waals surface area contributed by atoms with Crippen LogP contribution < -0.4 is 10.1 Å². The monoisotopic (exact) mass is 343 g/mol. The van der Waals surface area contributed by atoms with Gasteiger partial charge in [-0.25, -0.2) is 4.79 Å². The Labute approximate surface area is 146 Å². The van der Waals surface area contributed by atoms with Gasteiger partial charge >= 0.3 is 5.97 Å². The molecule has 0 unspecified atom stereocenters. The van der Waals surface area contributed by atoms with Crippen molar-refractivity contribution in [2.24, 2.45) is 0 Å². The molecule has 2 rings (SSSR count). The zero-order valence-corrected chi connectivity index (χ0v) is 14.4. The second kappa shape index (κ2) is 8.30. The summed E-state index contributed by atoms with van der Waals surface area (Å²) in [6.45, 7) is 1.81. The van der Waals surface area contributed by atoms with Crippen molar-refractivity contribution >= 4 is 11.9 Å². The zero-order chi connectivity index (χ0) is 18.4. The highest BCUT2D eigenvalue weighted by Gasteiger charge is 2.14. The van der Waals surface area contributed by atoms with Crippen molar-refractivity contribution in [3.8, 4) is 16.9 Å². The number of hydrogen-bond donors (Lipinski definition) is 2. The van der Waals surface area contributed by atoms with E-state index >= 15 is 0 Å². The van der Waals surface area contributed by atoms with Gasteiger partial charge in [-0.15, -0.1) is 0 Å². The first kappa shape index (κ1) is 18.5. The quantitative estimate of drug-likeness (QED) is 0.786. The lowest BCUT2D eigenvalue weighted by atomic mass is 10.0. The van der Waals surface area contributed by atoms with Crippen LogP contribution in [0.4, 0.5) is 0 Å². The van der Waals surface area contributed by atoms with Crippen LogP contribution in [0.25, 0.3) is 11.1 Å². The maximum Gasteiger partial charge on any atom is 0.341 e. The highest BCUT2D eigenvalue weighted by molar-refractivity contribution is 5.95. The van der Waals surface area contributed by atoms with Gasteiger partial charge in [-0.3, -0.25) is 4.79 Å². The van der Waals surface area contributed by atoms with E-state index in [4.69, 9.17) is 9.47 Å². The Morgan fingerprint density at radius 1 is 1.08 bits per heavy atom. The normalized spacial score (nSPS) is 11.5. The van der Waals surface area contributed by atoms with Crippen LogP contribution in [-0.2, 0) is 4.74 Å². The molecule has 0 radical (unpaired) electrons. The fourth-order valence-corrected chi connectivity index (χ4v) is 2.31. The topological polar surface area (TPSA) is 84.9 Å². The van der Waals surface area contributed by atoms with Crippen LogP contribution >= 0.6 is 0 Å². The highest BCUT2D eigenvalue weighted by atomic mass is 16.5. The van der Waals surface area contributed by atoms with Gasteiger partial charge in [0.15, 0.2) is 0 Å². The zero-order valence-electron chi connectivity index (χ0n) is 14.4. The van der Waals surface area contributed by atoms with Gasteiger partial charge in [0.2, 0.25) is 0 Å². The highest BCUT2D eigenvalue weighted by Crippen LogP contribution is 2.28. The van der Waals surface area contributed by atoms with Crippen molar-refractivity contribution in [3.63, 3.8) is 0 Å². The Hall–Kier alpha value is -2.86. The summed E-state index contributed by atoms with van der Waals surface area (Å²) < 4.78 is 9.98. The minimum atomic E-state index is -0.594. The molecule has 0 aromatic heterocycles. The van der Waals surface area contributed by atoms with Crippen LogP contribution in [0.1, 0.15) is 27.6 Å². The fraction of sp³-hybridized carbons (Fsp3) is 0.263. The summed E-state index contributed by atoms with van der Waals surface area (Å²) in [5.74, 6) is -0.289. The second-order valence-electron chi connectivity index (χ2n) is 5.54. The SMILES string of the molecule is COC(=O)c1ccc(-c2ccc(C(=O)NC[C@@H](C)O)cc2)cc1OC. The van der Waals surface area contributed by atoms with Gasteiger partial charge in [0.1, 0.15) is 11.3 Å². The van der Waals surface area contributed by atoms with Crippen LogP contribution in [0.5, 0.6) is 5.75 Å². The van der Waals surface area contributed by atoms with E-state index < -0.39 is 12.1 Å². The van der Waals surface area contributed by atoms with Crippen molar-refractivity contribution in [1.29, 1.82) is 0 Å². The smallest absolute Gasteiger partial charge is 0.341 e. The Kier molecular flexibility index (Phi) is 6.14. The Morgan fingerprint density at radius 2 is 1.72 bits per heavy atom. The van der Waals surface area contributed by atoms with E-state index in [-0.39, 0.29) is 12.5 Å². The number of methoxy groups -OCH3 is 2. The van der Waals surface area contributed by atoms with Crippen molar-refractivity contribution in [1.82, 2.24) is 5.32 Å². The van der Waals surface area contributed by atoms with Crippen LogP contribution in [-0.4, -0.2) is 43.9 Å². The molecule has 6 heteroatoms. The van der Waals surface area contributed by atoms with Crippen molar-refractivity contribution in [2.45, 2.75) is 13.0 Å². The van der Waals surface area contributed by atoms with E-state index in [0.717, 1.165) is 11.1 Å². The first-order chi connectivity index (χ1) is 12.0. The summed E-state index contributed by atoms with van der Waals surface area (Å²) in [6, 6.07) is 12.2. The van der Waals surface area contributed by atoms with Crippen molar-refractivity contribution < 1.29 is 24.2 Å². The molecular formula is C19H21NO5. The number of aliphatic hydroxyl groups is 1. The summed E-state index contributed by atoms with van der Waals surface area (Å²) in [6.07, 6.45) is -0.594. The van der Waals surface area contributed by atoms with Crippen LogP contribution in [0.3, 0.4) is 0 Å². The lowest BCUT2D eigenvalue weighted by Gasteiger charge is -2.10. The third-order valence-electron chi connectivity index (χ3n) is 3.65. The predicted molar refractivity (Wildman–Crippen MR) is 93.8 cm³/mol. The van der Waals surface area contributed by atoms with Crippen molar-refractivity contribution in [3.05, 3.63) is 53.6 Å². The summed E-state index contributed by atoms with van der Waals surface area (Å²) in [7, 11) is 2.80. The van der Waals surface area contributed by atoms with Gasteiger partial charge < -0.3 is 19.9 Å². The third kappa shape index (κ3) is 4.58. The van der Waals surface area contributed by atoms with E-state index in [2.05, 4.69) is 5.32 Å². The molecule has 0 saturated carbocycles. The van der Waals surface area contributed by atoms with Gasteiger partial charge in [-0.05, 0) is 42.3 Å². The average molecular weight is 343 g/mol. The van der Waals surface area contributed by atoms with E-state index in [1.807, 2.05) is 12.1 Å². The standard InChI is InChI=1S/C19H21NO5/c1-12(21)11-20-18(22)14-6-4-13(5-7-14)15-8-9-16(19(23)25-3)17(10-15)24-2/h4-10,12,21H,11H2,1-3H3,(H,20,22)/t12-/m1/s1. The maximum absolute atomic E-state index is 12.0. The number of aliphatic hydroxyl groups excluding tert-OH is 1. The molecule has 0 spiro atoms. The molecule has 0 saturated heterocycles. The van der Waals surface area contributed by atoms with Gasteiger partial charge in [0.05, 0.1) is 20.3 Å². The van der Waals surface area contributed by atoms with Crippen LogP contribution in [0.2, 0.25) is 0 Å². The molecule has 1 atom stereocenters. The largest absolute Gasteiger partial charge is 0.496 e. The molecule has 25 heavy (non-hydrogen) atoms. The molecule has 0 heterocycles. The number of carbonyl (C=O) groups is 2. The summed E-state index contributed by atoms with van der Waals surface area (Å²) in [4.78, 5) is 23.7. The molecular weight excluding hydrogens is 322 g/mol. The number of hydrogen-bond acceptors (Lipinski definition) is 5.